The van der Waals surface area contributed by atoms with Crippen molar-refractivity contribution in [2.24, 2.45) is 0 Å². The molecule has 0 unspecified atom stereocenters. The van der Waals surface area contributed by atoms with Gasteiger partial charge >= 0.3 is 0 Å². The smallest absolute Gasteiger partial charge is 0.0471 e. The third kappa shape index (κ3) is 3.98. The number of rotatable bonds is 5. The Labute approximate surface area is 119 Å². The molecule has 0 aliphatic heterocycles. The first kappa shape index (κ1) is 13.9. The lowest BCUT2D eigenvalue weighted by molar-refractivity contribution is 0.299. The van der Waals surface area contributed by atoms with E-state index in [1.807, 2.05) is 42.5 Å². The maximum Gasteiger partial charge on any atom is 0.0471 e. The molecule has 2 aromatic rings. The van der Waals surface area contributed by atoms with E-state index >= 15 is 0 Å². The van der Waals surface area contributed by atoms with Gasteiger partial charge in [0.25, 0.3) is 0 Å². The number of hydrogen-bond donors (Lipinski definition) is 2. The number of benzene rings is 2. The fourth-order valence-corrected chi connectivity index (χ4v) is 2.20. The lowest BCUT2D eigenvalue weighted by Crippen LogP contribution is -2.01. The van der Waals surface area contributed by atoms with Crippen LogP contribution in [-0.2, 0) is 13.0 Å². The van der Waals surface area contributed by atoms with E-state index in [1.165, 1.54) is 11.1 Å². The average molecular weight is 276 g/mol. The number of nitrogens with one attached hydrogen (secondary N) is 1. The second kappa shape index (κ2) is 6.60. The zero-order chi connectivity index (χ0) is 13.7. The van der Waals surface area contributed by atoms with Gasteiger partial charge in [0.05, 0.1) is 0 Å². The number of aliphatic hydroxyl groups excluding tert-OH is 1. The van der Waals surface area contributed by atoms with Crippen LogP contribution in [0.15, 0.2) is 42.5 Å². The predicted molar refractivity (Wildman–Crippen MR) is 80.7 cm³/mol. The van der Waals surface area contributed by atoms with E-state index in [2.05, 4.69) is 12.2 Å². The van der Waals surface area contributed by atoms with Gasteiger partial charge in [-0.15, -0.1) is 0 Å². The van der Waals surface area contributed by atoms with Crippen molar-refractivity contribution in [3.05, 3.63) is 64.2 Å². The molecule has 0 bridgehead atoms. The fraction of sp³-hybridized carbons (Fsp3) is 0.250. The number of anilines is 1. The van der Waals surface area contributed by atoms with Gasteiger partial charge in [-0.25, -0.2) is 0 Å². The van der Waals surface area contributed by atoms with Crippen molar-refractivity contribution in [3.8, 4) is 0 Å². The van der Waals surface area contributed by atoms with Crippen LogP contribution in [0.25, 0.3) is 0 Å². The van der Waals surface area contributed by atoms with Gasteiger partial charge in [0, 0.05) is 23.9 Å². The summed E-state index contributed by atoms with van der Waals surface area (Å²) in [6.07, 6.45) is 0.705. The Bertz CT molecular complexity index is 537. The molecule has 0 aromatic heterocycles. The summed E-state index contributed by atoms with van der Waals surface area (Å²) in [6.45, 7) is 3.03. The lowest BCUT2D eigenvalue weighted by atomic mass is 10.1. The van der Waals surface area contributed by atoms with Gasteiger partial charge in [0.15, 0.2) is 0 Å². The fourth-order valence-electron chi connectivity index (χ4n) is 1.97. The van der Waals surface area contributed by atoms with Crippen LogP contribution in [0.5, 0.6) is 0 Å². The molecule has 0 atom stereocenters. The van der Waals surface area contributed by atoms with E-state index < -0.39 is 0 Å². The summed E-state index contributed by atoms with van der Waals surface area (Å²) in [4.78, 5) is 0. The Morgan fingerprint density at radius 2 is 1.84 bits per heavy atom. The van der Waals surface area contributed by atoms with Crippen molar-refractivity contribution in [2.75, 3.05) is 11.9 Å². The van der Waals surface area contributed by atoms with Crippen LogP contribution in [0.4, 0.5) is 5.69 Å². The van der Waals surface area contributed by atoms with E-state index in [4.69, 9.17) is 16.7 Å². The predicted octanol–water partition coefficient (Wildman–Crippen LogP) is 3.80. The SMILES string of the molecule is Cc1cc(Cl)ccc1CNc1ccc(CCO)cc1. The van der Waals surface area contributed by atoms with Gasteiger partial charge in [-0.1, -0.05) is 29.8 Å². The second-order valence-electron chi connectivity index (χ2n) is 4.59. The Morgan fingerprint density at radius 3 is 2.47 bits per heavy atom. The van der Waals surface area contributed by atoms with Crippen molar-refractivity contribution in [1.29, 1.82) is 0 Å². The molecule has 2 nitrogen and oxygen atoms in total. The number of halogens is 1. The van der Waals surface area contributed by atoms with Crippen LogP contribution in [0, 0.1) is 6.92 Å². The highest BCUT2D eigenvalue weighted by atomic mass is 35.5. The zero-order valence-corrected chi connectivity index (χ0v) is 11.7. The molecule has 0 aliphatic rings. The second-order valence-corrected chi connectivity index (χ2v) is 5.03. The topological polar surface area (TPSA) is 32.3 Å². The van der Waals surface area contributed by atoms with Crippen molar-refractivity contribution in [1.82, 2.24) is 0 Å². The van der Waals surface area contributed by atoms with E-state index in [1.54, 1.807) is 0 Å². The number of aryl methyl sites for hydroxylation is 1. The molecular formula is C16H18ClNO. The lowest BCUT2D eigenvalue weighted by Gasteiger charge is -2.10. The van der Waals surface area contributed by atoms with Gasteiger partial charge in [0.1, 0.15) is 0 Å². The van der Waals surface area contributed by atoms with E-state index in [9.17, 15) is 0 Å². The van der Waals surface area contributed by atoms with E-state index in [0.29, 0.717) is 6.42 Å². The molecule has 0 heterocycles. The van der Waals surface area contributed by atoms with Crippen LogP contribution in [0.2, 0.25) is 5.02 Å². The van der Waals surface area contributed by atoms with Gasteiger partial charge in [-0.05, 0) is 54.3 Å². The van der Waals surface area contributed by atoms with Crippen molar-refractivity contribution in [2.45, 2.75) is 19.9 Å². The molecule has 0 spiro atoms. The minimum Gasteiger partial charge on any atom is -0.396 e. The van der Waals surface area contributed by atoms with E-state index in [0.717, 1.165) is 22.8 Å². The van der Waals surface area contributed by atoms with Crippen LogP contribution >= 0.6 is 11.6 Å². The molecule has 0 saturated carbocycles. The molecule has 0 saturated heterocycles. The maximum absolute atomic E-state index is 8.87. The zero-order valence-electron chi connectivity index (χ0n) is 11.0. The van der Waals surface area contributed by atoms with Crippen LogP contribution in [0.1, 0.15) is 16.7 Å². The van der Waals surface area contributed by atoms with E-state index in [-0.39, 0.29) is 6.61 Å². The van der Waals surface area contributed by atoms with Crippen molar-refractivity contribution >= 4 is 17.3 Å². The molecule has 0 amide bonds. The van der Waals surface area contributed by atoms with Crippen LogP contribution < -0.4 is 5.32 Å². The third-order valence-electron chi connectivity index (χ3n) is 3.14. The van der Waals surface area contributed by atoms with Crippen LogP contribution in [0.3, 0.4) is 0 Å². The average Bonchev–Trinajstić information content (AvgIpc) is 2.40. The molecule has 0 aliphatic carbocycles. The number of hydrogen-bond acceptors (Lipinski definition) is 2. The maximum atomic E-state index is 8.87. The Morgan fingerprint density at radius 1 is 1.11 bits per heavy atom. The molecule has 2 aromatic carbocycles. The van der Waals surface area contributed by atoms with Gasteiger partial charge in [-0.2, -0.15) is 0 Å². The van der Waals surface area contributed by atoms with Crippen molar-refractivity contribution < 1.29 is 5.11 Å². The van der Waals surface area contributed by atoms with Gasteiger partial charge in [-0.3, -0.25) is 0 Å². The summed E-state index contributed by atoms with van der Waals surface area (Å²) in [5.74, 6) is 0. The Balaban J connectivity index is 1.98. The first-order valence-corrected chi connectivity index (χ1v) is 6.75. The summed E-state index contributed by atoms with van der Waals surface area (Å²) in [5, 5.41) is 13.0. The first-order valence-electron chi connectivity index (χ1n) is 6.38. The minimum atomic E-state index is 0.191. The molecule has 3 heteroatoms. The Kier molecular flexibility index (Phi) is 4.83. The molecule has 0 fully saturated rings. The largest absolute Gasteiger partial charge is 0.396 e. The Hall–Kier alpha value is -1.51. The quantitative estimate of drug-likeness (QED) is 0.870. The standard InChI is InChI=1S/C16H18ClNO/c1-12-10-15(17)5-4-14(12)11-18-16-6-2-13(3-7-16)8-9-19/h2-7,10,18-19H,8-9,11H2,1H3. The van der Waals surface area contributed by atoms with Crippen molar-refractivity contribution in [3.63, 3.8) is 0 Å². The van der Waals surface area contributed by atoms with Crippen LogP contribution in [-0.4, -0.2) is 11.7 Å². The molecule has 2 N–H and O–H groups in total. The molecule has 0 radical (unpaired) electrons. The third-order valence-corrected chi connectivity index (χ3v) is 3.38. The summed E-state index contributed by atoms with van der Waals surface area (Å²) in [5.41, 5.74) is 4.66. The van der Waals surface area contributed by atoms with Gasteiger partial charge in [0.2, 0.25) is 0 Å². The first-order chi connectivity index (χ1) is 9.19. The summed E-state index contributed by atoms with van der Waals surface area (Å²) >= 11 is 5.94. The molecule has 19 heavy (non-hydrogen) atoms. The highest BCUT2D eigenvalue weighted by Gasteiger charge is 2.00. The molecule has 100 valence electrons. The summed E-state index contributed by atoms with van der Waals surface area (Å²) < 4.78 is 0. The molecular weight excluding hydrogens is 258 g/mol. The number of aliphatic hydroxyl groups is 1. The summed E-state index contributed by atoms with van der Waals surface area (Å²) in [6, 6.07) is 14.1. The van der Waals surface area contributed by atoms with Gasteiger partial charge < -0.3 is 10.4 Å². The summed E-state index contributed by atoms with van der Waals surface area (Å²) in [7, 11) is 0. The normalized spacial score (nSPS) is 10.5. The highest BCUT2D eigenvalue weighted by Crippen LogP contribution is 2.17. The molecule has 2 rings (SSSR count). The highest BCUT2D eigenvalue weighted by molar-refractivity contribution is 6.30. The monoisotopic (exact) mass is 275 g/mol. The minimum absolute atomic E-state index is 0.191.